The van der Waals surface area contributed by atoms with Gasteiger partial charge < -0.3 is 19.0 Å². The molecule has 0 amide bonds. The number of hydrogen-bond acceptors (Lipinski definition) is 5. The van der Waals surface area contributed by atoms with Crippen LogP contribution in [0.5, 0.6) is 11.5 Å². The van der Waals surface area contributed by atoms with Crippen molar-refractivity contribution in [1.82, 2.24) is 4.90 Å². The summed E-state index contributed by atoms with van der Waals surface area (Å²) in [5, 5.41) is 10.2. The summed E-state index contributed by atoms with van der Waals surface area (Å²) in [5.41, 5.74) is 1.10. The van der Waals surface area contributed by atoms with E-state index in [-0.39, 0.29) is 6.10 Å². The van der Waals surface area contributed by atoms with E-state index in [4.69, 9.17) is 13.9 Å². The van der Waals surface area contributed by atoms with Gasteiger partial charge in [-0.3, -0.25) is 4.90 Å². The van der Waals surface area contributed by atoms with Crippen LogP contribution >= 0.6 is 0 Å². The van der Waals surface area contributed by atoms with Crippen LogP contribution in [0, 0.1) is 0 Å². The topological polar surface area (TPSA) is 55.1 Å². The maximum atomic E-state index is 10.2. The summed E-state index contributed by atoms with van der Waals surface area (Å²) in [6.07, 6.45) is 3.09. The molecule has 1 atom stereocenters. The molecule has 0 fully saturated rings. The Balaban J connectivity index is 2.11. The van der Waals surface area contributed by atoms with Crippen molar-refractivity contribution >= 4 is 0 Å². The Morgan fingerprint density at radius 3 is 2.54 bits per heavy atom. The van der Waals surface area contributed by atoms with Crippen molar-refractivity contribution in [2.24, 2.45) is 0 Å². The molecule has 0 bridgehead atoms. The van der Waals surface area contributed by atoms with Crippen LogP contribution in [0.1, 0.15) is 31.1 Å². The zero-order chi connectivity index (χ0) is 17.4. The van der Waals surface area contributed by atoms with Crippen LogP contribution in [-0.4, -0.2) is 36.9 Å². The summed E-state index contributed by atoms with van der Waals surface area (Å²) in [7, 11) is 3.26. The fourth-order valence-electron chi connectivity index (χ4n) is 2.77. The van der Waals surface area contributed by atoms with E-state index in [2.05, 4.69) is 11.8 Å². The molecule has 0 aliphatic carbocycles. The summed E-state index contributed by atoms with van der Waals surface area (Å²) in [5.74, 6) is 2.31. The average molecular weight is 333 g/mol. The second kappa shape index (κ2) is 9.35. The molecule has 0 aliphatic heterocycles. The Labute approximate surface area is 143 Å². The number of nitrogens with zero attached hydrogens (tertiary/aromatic N) is 1. The lowest BCUT2D eigenvalue weighted by Crippen LogP contribution is -2.31. The van der Waals surface area contributed by atoms with Gasteiger partial charge in [0.2, 0.25) is 0 Å². The number of methoxy groups -OCH3 is 2. The predicted molar refractivity (Wildman–Crippen MR) is 93.3 cm³/mol. The zero-order valence-corrected chi connectivity index (χ0v) is 14.7. The molecule has 0 spiro atoms. The lowest BCUT2D eigenvalue weighted by Gasteiger charge is -2.24. The van der Waals surface area contributed by atoms with Gasteiger partial charge in [0, 0.05) is 13.1 Å². The van der Waals surface area contributed by atoms with Crippen LogP contribution in [-0.2, 0) is 13.1 Å². The lowest BCUT2D eigenvalue weighted by atomic mass is 10.1. The van der Waals surface area contributed by atoms with E-state index >= 15 is 0 Å². The average Bonchev–Trinajstić information content (AvgIpc) is 3.07. The fraction of sp³-hybridized carbons (Fsp3) is 0.474. The van der Waals surface area contributed by atoms with Gasteiger partial charge in [-0.05, 0) is 36.2 Å². The van der Waals surface area contributed by atoms with Crippen molar-refractivity contribution in [2.45, 2.75) is 39.0 Å². The normalized spacial score (nSPS) is 12.4. The quantitative estimate of drug-likeness (QED) is 0.721. The highest BCUT2D eigenvalue weighted by Crippen LogP contribution is 2.28. The van der Waals surface area contributed by atoms with E-state index in [9.17, 15) is 5.11 Å². The third-order valence-electron chi connectivity index (χ3n) is 3.90. The minimum absolute atomic E-state index is 0.342. The van der Waals surface area contributed by atoms with Crippen molar-refractivity contribution in [3.8, 4) is 11.5 Å². The number of aliphatic hydroxyl groups excluding tert-OH is 1. The smallest absolute Gasteiger partial charge is 0.161 e. The van der Waals surface area contributed by atoms with E-state index in [1.807, 2.05) is 30.3 Å². The highest BCUT2D eigenvalue weighted by atomic mass is 16.5. The summed E-state index contributed by atoms with van der Waals surface area (Å²) in [4.78, 5) is 2.18. The molecule has 1 unspecified atom stereocenters. The molecule has 24 heavy (non-hydrogen) atoms. The fourth-order valence-corrected chi connectivity index (χ4v) is 2.77. The first-order valence-corrected chi connectivity index (χ1v) is 8.30. The van der Waals surface area contributed by atoms with Crippen LogP contribution in [0.4, 0.5) is 0 Å². The van der Waals surface area contributed by atoms with Gasteiger partial charge >= 0.3 is 0 Å². The molecular formula is C19H27NO4. The molecule has 2 aromatic rings. The molecule has 2 rings (SSSR count). The van der Waals surface area contributed by atoms with Crippen molar-refractivity contribution < 1.29 is 19.0 Å². The minimum Gasteiger partial charge on any atom is -0.493 e. The van der Waals surface area contributed by atoms with Gasteiger partial charge in [-0.15, -0.1) is 0 Å². The molecule has 0 radical (unpaired) electrons. The van der Waals surface area contributed by atoms with Crippen LogP contribution in [0.25, 0.3) is 0 Å². The first kappa shape index (κ1) is 18.4. The second-order valence-corrected chi connectivity index (χ2v) is 5.88. The molecule has 5 heteroatoms. The minimum atomic E-state index is -0.342. The van der Waals surface area contributed by atoms with E-state index in [1.54, 1.807) is 20.5 Å². The van der Waals surface area contributed by atoms with Gasteiger partial charge in [0.1, 0.15) is 5.76 Å². The molecular weight excluding hydrogens is 306 g/mol. The lowest BCUT2D eigenvalue weighted by molar-refractivity contribution is 0.0932. The summed E-state index contributed by atoms with van der Waals surface area (Å²) in [6.45, 7) is 4.03. The molecule has 1 heterocycles. The van der Waals surface area contributed by atoms with Crippen LogP contribution < -0.4 is 9.47 Å². The van der Waals surface area contributed by atoms with Crippen LogP contribution in [0.2, 0.25) is 0 Å². The number of hydrogen-bond donors (Lipinski definition) is 1. The third kappa shape index (κ3) is 5.28. The summed E-state index contributed by atoms with van der Waals surface area (Å²) >= 11 is 0. The van der Waals surface area contributed by atoms with E-state index in [1.165, 1.54) is 0 Å². The van der Waals surface area contributed by atoms with Crippen molar-refractivity contribution in [3.05, 3.63) is 47.9 Å². The molecule has 0 saturated heterocycles. The maximum Gasteiger partial charge on any atom is 0.161 e. The molecule has 0 saturated carbocycles. The number of furan rings is 1. The Hall–Kier alpha value is -1.98. The monoisotopic (exact) mass is 333 g/mol. The first-order valence-electron chi connectivity index (χ1n) is 8.30. The van der Waals surface area contributed by atoms with Gasteiger partial charge in [-0.25, -0.2) is 0 Å². The Morgan fingerprint density at radius 2 is 1.92 bits per heavy atom. The number of aliphatic hydroxyl groups is 1. The molecule has 1 aromatic heterocycles. The van der Waals surface area contributed by atoms with Crippen LogP contribution in [0.3, 0.4) is 0 Å². The van der Waals surface area contributed by atoms with Gasteiger partial charge in [0.05, 0.1) is 33.1 Å². The van der Waals surface area contributed by atoms with Gasteiger partial charge in [0.25, 0.3) is 0 Å². The largest absolute Gasteiger partial charge is 0.493 e. The van der Waals surface area contributed by atoms with E-state index in [0.29, 0.717) is 31.1 Å². The van der Waals surface area contributed by atoms with E-state index < -0.39 is 0 Å². The van der Waals surface area contributed by atoms with Gasteiger partial charge in [-0.2, -0.15) is 0 Å². The summed E-state index contributed by atoms with van der Waals surface area (Å²) < 4.78 is 16.1. The SMILES string of the molecule is CCCC(O)CN(Cc1ccc(OC)c(OC)c1)Cc1ccco1. The second-order valence-electron chi connectivity index (χ2n) is 5.88. The highest BCUT2D eigenvalue weighted by molar-refractivity contribution is 5.42. The van der Waals surface area contributed by atoms with Gasteiger partial charge in [-0.1, -0.05) is 19.4 Å². The number of ether oxygens (including phenoxy) is 2. The predicted octanol–water partition coefficient (Wildman–Crippen LogP) is 3.46. The molecule has 132 valence electrons. The first-order chi connectivity index (χ1) is 11.7. The van der Waals surface area contributed by atoms with Crippen molar-refractivity contribution in [2.75, 3.05) is 20.8 Å². The van der Waals surface area contributed by atoms with Crippen molar-refractivity contribution in [1.29, 1.82) is 0 Å². The highest BCUT2D eigenvalue weighted by Gasteiger charge is 2.15. The standard InChI is InChI=1S/C19H27NO4/c1-4-6-16(21)13-20(14-17-7-5-10-24-17)12-15-8-9-18(22-2)19(11-15)23-3/h5,7-11,16,21H,4,6,12-14H2,1-3H3. The molecule has 0 aliphatic rings. The zero-order valence-electron chi connectivity index (χ0n) is 14.7. The Morgan fingerprint density at radius 1 is 1.12 bits per heavy atom. The maximum absolute atomic E-state index is 10.2. The van der Waals surface area contributed by atoms with E-state index in [0.717, 1.165) is 24.2 Å². The molecule has 5 nitrogen and oxygen atoms in total. The number of benzene rings is 1. The third-order valence-corrected chi connectivity index (χ3v) is 3.90. The Kier molecular flexibility index (Phi) is 7.15. The summed E-state index contributed by atoms with van der Waals surface area (Å²) in [6, 6.07) is 9.73. The van der Waals surface area contributed by atoms with Gasteiger partial charge in [0.15, 0.2) is 11.5 Å². The van der Waals surface area contributed by atoms with Crippen molar-refractivity contribution in [3.63, 3.8) is 0 Å². The Bertz CT molecular complexity index is 597. The number of rotatable bonds is 10. The molecule has 1 aromatic carbocycles. The van der Waals surface area contributed by atoms with Crippen LogP contribution in [0.15, 0.2) is 41.0 Å². The molecule has 1 N–H and O–H groups in total.